The lowest BCUT2D eigenvalue weighted by Gasteiger charge is -2.05. The molecule has 9 heavy (non-hydrogen) atoms. The van der Waals surface area contributed by atoms with Crippen molar-refractivity contribution in [3.8, 4) is 0 Å². The van der Waals surface area contributed by atoms with E-state index < -0.39 is 6.03 Å². The summed E-state index contributed by atoms with van der Waals surface area (Å²) in [4.78, 5) is 24.0. The molecule has 0 aromatic heterocycles. The fourth-order valence-electron chi connectivity index (χ4n) is 0.250. The van der Waals surface area contributed by atoms with Crippen LogP contribution in [-0.4, -0.2) is 17.8 Å². The van der Waals surface area contributed by atoms with E-state index in [4.69, 9.17) is 0 Å². The number of carbonyl (C=O) groups is 1. The predicted octanol–water partition coefficient (Wildman–Crippen LogP) is 0.000000000000000111. The highest BCUT2D eigenvalue weighted by atomic mass is 16.7. The molecule has 0 bridgehead atoms. The van der Waals surface area contributed by atoms with Gasteiger partial charge in [-0.3, -0.25) is 0 Å². The zero-order valence-corrected chi connectivity index (χ0v) is 4.90. The SMILES string of the molecule is CCON(N=O)C(N)=O. The van der Waals surface area contributed by atoms with Crippen LogP contribution in [0.3, 0.4) is 0 Å². The molecule has 2 amide bonds. The van der Waals surface area contributed by atoms with Crippen LogP contribution in [0.2, 0.25) is 0 Å². The Kier molecular flexibility index (Phi) is 3.29. The number of hydrogen-bond acceptors (Lipinski definition) is 4. The number of carbonyl (C=O) groups excluding carboxylic acids is 1. The third-order valence-electron chi connectivity index (χ3n) is 0.514. The topological polar surface area (TPSA) is 85.0 Å². The fourth-order valence-corrected chi connectivity index (χ4v) is 0.250. The van der Waals surface area contributed by atoms with Crippen molar-refractivity contribution in [1.29, 1.82) is 0 Å². The number of hydrogen-bond donors (Lipinski definition) is 1. The smallest absolute Gasteiger partial charge is 0.348 e. The standard InChI is InChI=1S/C3H7N3O3/c1-2-9-6(5-8)3(4)7/h2H2,1H3,(H2,4,7). The van der Waals surface area contributed by atoms with Crippen LogP contribution >= 0.6 is 0 Å². The third kappa shape index (κ3) is 2.60. The number of nitrogens with zero attached hydrogens (tertiary/aromatic N) is 2. The Morgan fingerprint density at radius 1 is 1.89 bits per heavy atom. The highest BCUT2D eigenvalue weighted by Crippen LogP contribution is 1.87. The minimum Gasteiger partial charge on any atom is -0.348 e. The van der Waals surface area contributed by atoms with Crippen LogP contribution in [0.1, 0.15) is 6.92 Å². The van der Waals surface area contributed by atoms with Crippen LogP contribution in [0, 0.1) is 4.91 Å². The lowest BCUT2D eigenvalue weighted by Crippen LogP contribution is -2.30. The number of nitroso groups, excluding NO2 is 1. The van der Waals surface area contributed by atoms with Crippen LogP contribution < -0.4 is 5.73 Å². The van der Waals surface area contributed by atoms with Crippen molar-refractivity contribution in [2.24, 2.45) is 11.0 Å². The van der Waals surface area contributed by atoms with Gasteiger partial charge < -0.3 is 5.73 Å². The summed E-state index contributed by atoms with van der Waals surface area (Å²) in [5, 5.41) is 2.34. The second-order valence-electron chi connectivity index (χ2n) is 1.11. The zero-order chi connectivity index (χ0) is 7.28. The van der Waals surface area contributed by atoms with E-state index in [9.17, 15) is 9.70 Å². The second-order valence-corrected chi connectivity index (χ2v) is 1.11. The van der Waals surface area contributed by atoms with E-state index in [1.54, 1.807) is 6.92 Å². The molecule has 0 aromatic carbocycles. The fraction of sp³-hybridized carbons (Fsp3) is 0.667. The first-order valence-electron chi connectivity index (χ1n) is 2.28. The van der Waals surface area contributed by atoms with Crippen molar-refractivity contribution >= 4 is 6.03 Å². The molecule has 0 aliphatic carbocycles. The Hall–Kier alpha value is -1.17. The van der Waals surface area contributed by atoms with Gasteiger partial charge in [0.15, 0.2) is 0 Å². The Bertz CT molecular complexity index is 115. The molecule has 52 valence electrons. The molecule has 0 aliphatic rings. The minimum atomic E-state index is -1.02. The molecular formula is C3H7N3O3. The third-order valence-corrected chi connectivity index (χ3v) is 0.514. The molecule has 0 aromatic rings. The Balaban J connectivity index is 3.68. The highest BCUT2D eigenvalue weighted by molar-refractivity contribution is 5.70. The van der Waals surface area contributed by atoms with E-state index in [1.807, 2.05) is 0 Å². The van der Waals surface area contributed by atoms with Gasteiger partial charge >= 0.3 is 6.03 Å². The van der Waals surface area contributed by atoms with Gasteiger partial charge in [-0.05, 0) is 12.1 Å². The first-order valence-corrected chi connectivity index (χ1v) is 2.28. The van der Waals surface area contributed by atoms with Crippen LogP contribution in [0.15, 0.2) is 5.29 Å². The molecule has 0 fully saturated rings. The van der Waals surface area contributed by atoms with Crippen LogP contribution in [-0.2, 0) is 4.84 Å². The maximum Gasteiger partial charge on any atom is 0.363 e. The lowest BCUT2D eigenvalue weighted by atomic mass is 10.9. The molecule has 0 aliphatic heterocycles. The largest absolute Gasteiger partial charge is 0.363 e. The van der Waals surface area contributed by atoms with Crippen molar-refractivity contribution in [2.75, 3.05) is 6.61 Å². The van der Waals surface area contributed by atoms with E-state index in [0.717, 1.165) is 0 Å². The number of nitrogens with two attached hydrogens (primary N) is 1. The summed E-state index contributed by atoms with van der Waals surface area (Å²) in [5.41, 5.74) is 4.60. The monoisotopic (exact) mass is 133 g/mol. The first-order chi connectivity index (χ1) is 4.22. The van der Waals surface area contributed by atoms with Gasteiger partial charge in [0.05, 0.1) is 11.9 Å². The van der Waals surface area contributed by atoms with Gasteiger partial charge in [0.25, 0.3) is 0 Å². The maximum absolute atomic E-state index is 10.0. The molecule has 0 saturated carbocycles. The van der Waals surface area contributed by atoms with Gasteiger partial charge in [-0.1, -0.05) is 0 Å². The summed E-state index contributed by atoms with van der Waals surface area (Å²) in [5.74, 6) is 0. The molecule has 6 heteroatoms. The van der Waals surface area contributed by atoms with E-state index in [0.29, 0.717) is 0 Å². The van der Waals surface area contributed by atoms with Gasteiger partial charge in [0, 0.05) is 0 Å². The van der Waals surface area contributed by atoms with Crippen LogP contribution in [0.5, 0.6) is 0 Å². The summed E-state index contributed by atoms with van der Waals surface area (Å²) < 4.78 is 0. The number of amides is 2. The van der Waals surface area contributed by atoms with Gasteiger partial charge in [-0.15, -0.1) is 4.91 Å². The molecule has 0 unspecified atom stereocenters. The van der Waals surface area contributed by atoms with Crippen molar-refractivity contribution in [2.45, 2.75) is 6.92 Å². The number of primary amides is 1. The van der Waals surface area contributed by atoms with E-state index in [-0.39, 0.29) is 11.8 Å². The van der Waals surface area contributed by atoms with E-state index in [1.165, 1.54) is 0 Å². The van der Waals surface area contributed by atoms with Gasteiger partial charge in [0.2, 0.25) is 0 Å². The normalized spacial score (nSPS) is 8.56. The van der Waals surface area contributed by atoms with E-state index in [2.05, 4.69) is 15.9 Å². The van der Waals surface area contributed by atoms with Crippen LogP contribution in [0.25, 0.3) is 0 Å². The van der Waals surface area contributed by atoms with Crippen molar-refractivity contribution in [1.82, 2.24) is 5.17 Å². The number of rotatable bonds is 3. The first kappa shape index (κ1) is 7.83. The maximum atomic E-state index is 10.0. The number of urea groups is 1. The molecule has 0 rings (SSSR count). The summed E-state index contributed by atoms with van der Waals surface area (Å²) in [6.45, 7) is 1.77. The second kappa shape index (κ2) is 3.79. The Morgan fingerprint density at radius 2 is 2.44 bits per heavy atom. The summed E-state index contributed by atoms with van der Waals surface area (Å²) >= 11 is 0. The molecule has 6 nitrogen and oxygen atoms in total. The molecule has 0 spiro atoms. The van der Waals surface area contributed by atoms with E-state index >= 15 is 0 Å². The van der Waals surface area contributed by atoms with Crippen molar-refractivity contribution in [3.63, 3.8) is 0 Å². The zero-order valence-electron chi connectivity index (χ0n) is 4.90. The quantitative estimate of drug-likeness (QED) is 0.434. The average molecular weight is 133 g/mol. The predicted molar refractivity (Wildman–Crippen MR) is 28.8 cm³/mol. The van der Waals surface area contributed by atoms with Gasteiger partial charge in [0.1, 0.15) is 0 Å². The van der Waals surface area contributed by atoms with Crippen molar-refractivity contribution < 1.29 is 9.63 Å². The molecule has 0 heterocycles. The Labute approximate surface area is 51.5 Å². The van der Waals surface area contributed by atoms with Gasteiger partial charge in [-0.25, -0.2) is 9.63 Å². The molecular weight excluding hydrogens is 126 g/mol. The molecule has 0 atom stereocenters. The highest BCUT2D eigenvalue weighted by Gasteiger charge is 2.07. The minimum absolute atomic E-state index is 0.175. The van der Waals surface area contributed by atoms with Crippen molar-refractivity contribution in [3.05, 3.63) is 4.91 Å². The molecule has 0 saturated heterocycles. The van der Waals surface area contributed by atoms with Gasteiger partial charge in [-0.2, -0.15) is 0 Å². The molecule has 0 radical (unpaired) electrons. The number of hydroxylamine groups is 1. The Morgan fingerprint density at radius 3 is 2.56 bits per heavy atom. The summed E-state index contributed by atoms with van der Waals surface area (Å²) in [6.07, 6.45) is 0. The summed E-state index contributed by atoms with van der Waals surface area (Å²) in [6, 6.07) is -1.02. The van der Waals surface area contributed by atoms with Crippen LogP contribution in [0.4, 0.5) is 4.79 Å². The average Bonchev–Trinajstić information content (AvgIpc) is 1.82. The molecule has 2 N–H and O–H groups in total. The lowest BCUT2D eigenvalue weighted by molar-refractivity contribution is -0.110. The summed E-state index contributed by atoms with van der Waals surface area (Å²) in [7, 11) is 0.